The van der Waals surface area contributed by atoms with Crippen molar-refractivity contribution in [3.05, 3.63) is 33.4 Å². The van der Waals surface area contributed by atoms with Crippen LogP contribution in [0.1, 0.15) is 44.1 Å². The molecule has 0 aromatic carbocycles. The number of aromatic nitrogens is 3. The molecule has 0 unspecified atom stereocenters. The number of carboxylic acid groups (broad SMARTS) is 1. The van der Waals surface area contributed by atoms with Gasteiger partial charge in [0.05, 0.1) is 0 Å². The third kappa shape index (κ3) is 2.59. The minimum Gasteiger partial charge on any atom is -0.481 e. The number of fused-ring (bicyclic) bond motifs is 1. The summed E-state index contributed by atoms with van der Waals surface area (Å²) in [6, 6.07) is 1.86. The van der Waals surface area contributed by atoms with Crippen LogP contribution in [0.5, 0.6) is 0 Å². The van der Waals surface area contributed by atoms with Gasteiger partial charge in [-0.2, -0.15) is 0 Å². The van der Waals surface area contributed by atoms with E-state index in [9.17, 15) is 9.59 Å². The maximum absolute atomic E-state index is 12.4. The number of nitrogens with one attached hydrogen (secondary N) is 1. The lowest BCUT2D eigenvalue weighted by atomic mass is 9.93. The van der Waals surface area contributed by atoms with Crippen LogP contribution in [-0.4, -0.2) is 25.7 Å². The number of hydrogen-bond donors (Lipinski definition) is 2. The van der Waals surface area contributed by atoms with Gasteiger partial charge < -0.3 is 5.11 Å². The van der Waals surface area contributed by atoms with Gasteiger partial charge in [-0.25, -0.2) is 9.50 Å². The molecule has 6 heteroatoms. The average Bonchev–Trinajstić information content (AvgIpc) is 2.71. The molecule has 0 aliphatic rings. The number of rotatable bonds is 3. The molecule has 2 heterocycles. The van der Waals surface area contributed by atoms with Gasteiger partial charge >= 0.3 is 5.97 Å². The van der Waals surface area contributed by atoms with Crippen LogP contribution in [0.4, 0.5) is 0 Å². The van der Waals surface area contributed by atoms with E-state index in [4.69, 9.17) is 5.11 Å². The van der Waals surface area contributed by atoms with Gasteiger partial charge in [-0.05, 0) is 13.3 Å². The number of carboxylic acids is 1. The minimum absolute atomic E-state index is 0.0728. The SMILES string of the molecule is Cc1nc2cc(C(C)(C)C)[nH]n2c(=O)c1CCC(=O)O. The van der Waals surface area contributed by atoms with Crippen molar-refractivity contribution in [1.29, 1.82) is 0 Å². The smallest absolute Gasteiger partial charge is 0.303 e. The van der Waals surface area contributed by atoms with Gasteiger partial charge in [0.1, 0.15) is 0 Å². The lowest BCUT2D eigenvalue weighted by Crippen LogP contribution is -2.23. The molecule has 6 nitrogen and oxygen atoms in total. The number of carbonyl (C=O) groups is 1. The number of aryl methyl sites for hydroxylation is 1. The Hall–Kier alpha value is -2.11. The van der Waals surface area contributed by atoms with Crippen LogP contribution >= 0.6 is 0 Å². The molecule has 2 N–H and O–H groups in total. The molecule has 0 fully saturated rings. The molecule has 0 saturated heterocycles. The van der Waals surface area contributed by atoms with E-state index in [1.54, 1.807) is 6.92 Å². The van der Waals surface area contributed by atoms with Crippen molar-refractivity contribution in [3.63, 3.8) is 0 Å². The Bertz CT molecular complexity index is 720. The van der Waals surface area contributed by atoms with Crippen LogP contribution in [0.3, 0.4) is 0 Å². The topological polar surface area (TPSA) is 87.5 Å². The highest BCUT2D eigenvalue weighted by Crippen LogP contribution is 2.21. The molecule has 2 rings (SSSR count). The molecule has 0 amide bonds. The lowest BCUT2D eigenvalue weighted by Gasteiger charge is -2.14. The monoisotopic (exact) mass is 277 g/mol. The highest BCUT2D eigenvalue weighted by atomic mass is 16.4. The highest BCUT2D eigenvalue weighted by molar-refractivity contribution is 5.67. The second-order valence-electron chi connectivity index (χ2n) is 5.99. The van der Waals surface area contributed by atoms with Crippen LogP contribution in [0.25, 0.3) is 5.65 Å². The van der Waals surface area contributed by atoms with Gasteiger partial charge in [-0.1, -0.05) is 20.8 Å². The molecule has 2 aromatic heterocycles. The van der Waals surface area contributed by atoms with Crippen LogP contribution in [-0.2, 0) is 16.6 Å². The van der Waals surface area contributed by atoms with E-state index in [1.807, 2.05) is 26.8 Å². The van der Waals surface area contributed by atoms with Crippen molar-refractivity contribution in [2.75, 3.05) is 0 Å². The molecule has 0 bridgehead atoms. The first-order valence-electron chi connectivity index (χ1n) is 6.53. The highest BCUT2D eigenvalue weighted by Gasteiger charge is 2.19. The van der Waals surface area contributed by atoms with E-state index in [0.717, 1.165) is 5.69 Å². The average molecular weight is 277 g/mol. The first-order chi connectivity index (χ1) is 9.20. The van der Waals surface area contributed by atoms with Crippen molar-refractivity contribution in [2.24, 2.45) is 0 Å². The number of nitrogens with zero attached hydrogens (tertiary/aromatic N) is 2. The van der Waals surface area contributed by atoms with Crippen LogP contribution in [0.15, 0.2) is 10.9 Å². The summed E-state index contributed by atoms with van der Waals surface area (Å²) in [7, 11) is 0. The van der Waals surface area contributed by atoms with Gasteiger partial charge in [0, 0.05) is 34.9 Å². The molecule has 0 aliphatic carbocycles. The molecular formula is C14H19N3O3. The Morgan fingerprint density at radius 2 is 2.10 bits per heavy atom. The summed E-state index contributed by atoms with van der Waals surface area (Å²) >= 11 is 0. The zero-order valence-corrected chi connectivity index (χ0v) is 12.1. The van der Waals surface area contributed by atoms with E-state index in [-0.39, 0.29) is 23.8 Å². The summed E-state index contributed by atoms with van der Waals surface area (Å²) in [4.78, 5) is 27.4. The van der Waals surface area contributed by atoms with Gasteiger partial charge in [0.15, 0.2) is 5.65 Å². The van der Waals surface area contributed by atoms with E-state index in [1.165, 1.54) is 4.52 Å². The molecule has 0 aliphatic heterocycles. The molecule has 0 saturated carbocycles. The second kappa shape index (κ2) is 4.77. The Kier molecular flexibility index (Phi) is 3.41. The van der Waals surface area contributed by atoms with E-state index >= 15 is 0 Å². The number of aromatic amines is 1. The Balaban J connectivity index is 2.57. The van der Waals surface area contributed by atoms with Gasteiger partial charge in [-0.15, -0.1) is 0 Å². The number of hydrogen-bond acceptors (Lipinski definition) is 3. The van der Waals surface area contributed by atoms with Crippen molar-refractivity contribution in [1.82, 2.24) is 14.6 Å². The van der Waals surface area contributed by atoms with Crippen molar-refractivity contribution in [3.8, 4) is 0 Å². The maximum Gasteiger partial charge on any atom is 0.303 e. The van der Waals surface area contributed by atoms with Gasteiger partial charge in [0.2, 0.25) is 0 Å². The van der Waals surface area contributed by atoms with Crippen molar-refractivity contribution < 1.29 is 9.90 Å². The number of aliphatic carboxylic acids is 1. The maximum atomic E-state index is 12.4. The first kappa shape index (κ1) is 14.3. The van der Waals surface area contributed by atoms with Gasteiger partial charge in [0.25, 0.3) is 5.56 Å². The van der Waals surface area contributed by atoms with E-state index in [2.05, 4.69) is 10.1 Å². The number of H-pyrrole nitrogens is 1. The van der Waals surface area contributed by atoms with E-state index in [0.29, 0.717) is 16.9 Å². The quantitative estimate of drug-likeness (QED) is 0.893. The molecule has 0 spiro atoms. The normalized spacial score (nSPS) is 12.0. The largest absolute Gasteiger partial charge is 0.481 e. The third-order valence-corrected chi connectivity index (χ3v) is 3.31. The summed E-state index contributed by atoms with van der Waals surface area (Å²) in [6.45, 7) is 7.87. The zero-order chi connectivity index (χ0) is 15.1. The fourth-order valence-corrected chi connectivity index (χ4v) is 2.07. The Morgan fingerprint density at radius 3 is 2.65 bits per heavy atom. The minimum atomic E-state index is -0.921. The van der Waals surface area contributed by atoms with Crippen molar-refractivity contribution >= 4 is 11.6 Å². The molecule has 0 atom stereocenters. The molecule has 2 aromatic rings. The van der Waals surface area contributed by atoms with E-state index < -0.39 is 5.97 Å². The molecule has 20 heavy (non-hydrogen) atoms. The fourth-order valence-electron chi connectivity index (χ4n) is 2.07. The summed E-state index contributed by atoms with van der Waals surface area (Å²) in [5.74, 6) is -0.921. The molecule has 108 valence electrons. The second-order valence-corrected chi connectivity index (χ2v) is 5.99. The summed E-state index contributed by atoms with van der Waals surface area (Å²) in [6.07, 6.45) is 0.122. The Labute approximate surface area is 116 Å². The lowest BCUT2D eigenvalue weighted by molar-refractivity contribution is -0.136. The van der Waals surface area contributed by atoms with Crippen LogP contribution in [0.2, 0.25) is 0 Å². The Morgan fingerprint density at radius 1 is 1.45 bits per heavy atom. The summed E-state index contributed by atoms with van der Waals surface area (Å²) in [5, 5.41) is 11.8. The fraction of sp³-hybridized carbons (Fsp3) is 0.500. The summed E-state index contributed by atoms with van der Waals surface area (Å²) in [5.41, 5.74) is 2.19. The third-order valence-electron chi connectivity index (χ3n) is 3.31. The predicted molar refractivity (Wildman–Crippen MR) is 75.2 cm³/mol. The summed E-state index contributed by atoms with van der Waals surface area (Å²) < 4.78 is 1.39. The zero-order valence-electron chi connectivity index (χ0n) is 12.1. The van der Waals surface area contributed by atoms with Crippen LogP contribution in [0, 0.1) is 6.92 Å². The van der Waals surface area contributed by atoms with Crippen molar-refractivity contribution in [2.45, 2.75) is 46.0 Å². The van der Waals surface area contributed by atoms with Crippen LogP contribution < -0.4 is 5.56 Å². The molecule has 0 radical (unpaired) electrons. The molecular weight excluding hydrogens is 258 g/mol. The predicted octanol–water partition coefficient (Wildman–Crippen LogP) is 1.65. The van der Waals surface area contributed by atoms with Gasteiger partial charge in [-0.3, -0.25) is 14.7 Å². The first-order valence-corrected chi connectivity index (χ1v) is 6.53. The standard InChI is InChI=1S/C14H19N3O3/c1-8-9(5-6-12(18)19)13(20)17-11(15-8)7-10(16-17)14(2,3)4/h7,16H,5-6H2,1-4H3,(H,18,19).